The summed E-state index contributed by atoms with van der Waals surface area (Å²) in [6.07, 6.45) is 1.74. The van der Waals surface area contributed by atoms with Gasteiger partial charge in [0, 0.05) is 12.1 Å². The van der Waals surface area contributed by atoms with Crippen LogP contribution in [0.15, 0.2) is 53.4 Å². The highest BCUT2D eigenvalue weighted by Crippen LogP contribution is 2.26. The molecule has 1 fully saturated rings. The second-order valence-electron chi connectivity index (χ2n) is 7.36. The number of carbonyl (C=O) groups excluding carboxylic acids is 2. The van der Waals surface area contributed by atoms with Gasteiger partial charge in [-0.05, 0) is 62.6 Å². The predicted molar refractivity (Wildman–Crippen MR) is 116 cm³/mol. The molecule has 32 heavy (non-hydrogen) atoms. The molecule has 1 unspecified atom stereocenters. The Balaban J connectivity index is 1.61. The topological polar surface area (TPSA) is 114 Å². The van der Waals surface area contributed by atoms with Crippen LogP contribution in [-0.2, 0) is 19.6 Å². The zero-order chi connectivity index (χ0) is 23.1. The normalized spacial score (nSPS) is 16.7. The zero-order valence-corrected chi connectivity index (χ0v) is 18.5. The molecule has 168 valence electrons. The molecule has 0 bridgehead atoms. The summed E-state index contributed by atoms with van der Waals surface area (Å²) in [5.41, 5.74) is 0.930. The van der Waals surface area contributed by atoms with E-state index >= 15 is 0 Å². The molecule has 1 heterocycles. The van der Waals surface area contributed by atoms with Gasteiger partial charge in [0.25, 0.3) is 0 Å². The SMILES string of the molecule is CC(=O)c1ccc(S(=O)(=O)N2CCCCC2C(=O)OCCOc2ccc(C#N)cc2)cc1. The lowest BCUT2D eigenvalue weighted by molar-refractivity contribution is -0.149. The van der Waals surface area contributed by atoms with E-state index in [2.05, 4.69) is 0 Å². The quantitative estimate of drug-likeness (QED) is 0.341. The monoisotopic (exact) mass is 456 g/mol. The van der Waals surface area contributed by atoms with E-state index < -0.39 is 22.0 Å². The number of benzene rings is 2. The van der Waals surface area contributed by atoms with Crippen LogP contribution in [0.4, 0.5) is 0 Å². The molecule has 0 N–H and O–H groups in total. The summed E-state index contributed by atoms with van der Waals surface area (Å²) < 4.78 is 38.2. The molecule has 1 atom stereocenters. The molecule has 2 aromatic carbocycles. The fourth-order valence-corrected chi connectivity index (χ4v) is 5.10. The largest absolute Gasteiger partial charge is 0.490 e. The van der Waals surface area contributed by atoms with Crippen molar-refractivity contribution >= 4 is 21.8 Å². The highest BCUT2D eigenvalue weighted by Gasteiger charge is 2.38. The smallest absolute Gasteiger partial charge is 0.324 e. The summed E-state index contributed by atoms with van der Waals surface area (Å²) in [7, 11) is -3.92. The average molecular weight is 457 g/mol. The molecule has 0 saturated carbocycles. The highest BCUT2D eigenvalue weighted by molar-refractivity contribution is 7.89. The Labute approximate surface area is 187 Å². The van der Waals surface area contributed by atoms with E-state index in [4.69, 9.17) is 14.7 Å². The molecular weight excluding hydrogens is 432 g/mol. The Morgan fingerprint density at radius 3 is 2.38 bits per heavy atom. The van der Waals surface area contributed by atoms with Gasteiger partial charge in [-0.3, -0.25) is 9.59 Å². The minimum atomic E-state index is -3.92. The maximum atomic E-state index is 13.1. The molecule has 0 amide bonds. The van der Waals surface area contributed by atoms with Crippen molar-refractivity contribution in [2.24, 2.45) is 0 Å². The van der Waals surface area contributed by atoms with Crippen LogP contribution in [0.1, 0.15) is 42.1 Å². The summed E-state index contributed by atoms with van der Waals surface area (Å²) in [5, 5.41) is 8.80. The Hall–Kier alpha value is -3.22. The minimum absolute atomic E-state index is 0.0312. The zero-order valence-electron chi connectivity index (χ0n) is 17.7. The van der Waals surface area contributed by atoms with Crippen LogP contribution in [0.2, 0.25) is 0 Å². The van der Waals surface area contributed by atoms with Crippen LogP contribution in [0, 0.1) is 11.3 Å². The highest BCUT2D eigenvalue weighted by atomic mass is 32.2. The number of nitrogens with zero attached hydrogens (tertiary/aromatic N) is 2. The van der Waals surface area contributed by atoms with E-state index in [1.807, 2.05) is 6.07 Å². The van der Waals surface area contributed by atoms with E-state index in [1.165, 1.54) is 35.5 Å². The molecule has 3 rings (SSSR count). The number of ketones is 1. The molecule has 1 saturated heterocycles. The first-order valence-corrected chi connectivity index (χ1v) is 11.7. The maximum absolute atomic E-state index is 13.1. The number of esters is 1. The molecular formula is C23H24N2O6S. The van der Waals surface area contributed by atoms with Crippen LogP contribution < -0.4 is 4.74 Å². The van der Waals surface area contributed by atoms with Crippen LogP contribution in [-0.4, -0.2) is 50.3 Å². The third-order valence-corrected chi connectivity index (χ3v) is 7.10. The third-order valence-electron chi connectivity index (χ3n) is 5.17. The number of Topliss-reactive ketones (excluding diaryl/α,β-unsaturated/α-hetero) is 1. The summed E-state index contributed by atoms with van der Waals surface area (Å²) in [5.74, 6) is -0.232. The first kappa shape index (κ1) is 23.4. The maximum Gasteiger partial charge on any atom is 0.324 e. The molecule has 1 aliphatic rings. The first-order chi connectivity index (χ1) is 15.3. The second kappa shape index (κ2) is 10.4. The summed E-state index contributed by atoms with van der Waals surface area (Å²) >= 11 is 0. The number of ether oxygens (including phenoxy) is 2. The molecule has 0 radical (unpaired) electrons. The van der Waals surface area contributed by atoms with Crippen molar-refractivity contribution in [3.8, 4) is 11.8 Å². The predicted octanol–water partition coefficient (Wildman–Crippen LogP) is 2.93. The van der Waals surface area contributed by atoms with Crippen LogP contribution in [0.25, 0.3) is 0 Å². The summed E-state index contributed by atoms with van der Waals surface area (Å²) in [6.45, 7) is 1.70. The lowest BCUT2D eigenvalue weighted by Gasteiger charge is -2.33. The van der Waals surface area contributed by atoms with E-state index in [-0.39, 0.29) is 30.4 Å². The van der Waals surface area contributed by atoms with Gasteiger partial charge in [-0.1, -0.05) is 12.1 Å². The van der Waals surface area contributed by atoms with Gasteiger partial charge in [-0.2, -0.15) is 9.57 Å². The lowest BCUT2D eigenvalue weighted by atomic mass is 10.1. The van der Waals surface area contributed by atoms with E-state index in [1.54, 1.807) is 24.3 Å². The average Bonchev–Trinajstić information content (AvgIpc) is 2.82. The van der Waals surface area contributed by atoms with Crippen molar-refractivity contribution < 1.29 is 27.5 Å². The van der Waals surface area contributed by atoms with Gasteiger partial charge in [0.15, 0.2) is 5.78 Å². The van der Waals surface area contributed by atoms with Crippen molar-refractivity contribution in [1.82, 2.24) is 4.31 Å². The Morgan fingerprint density at radius 2 is 1.75 bits per heavy atom. The molecule has 0 aliphatic carbocycles. The summed E-state index contributed by atoms with van der Waals surface area (Å²) in [4.78, 5) is 24.1. The van der Waals surface area contributed by atoms with Crippen molar-refractivity contribution in [3.05, 3.63) is 59.7 Å². The van der Waals surface area contributed by atoms with E-state index in [9.17, 15) is 18.0 Å². The number of sulfonamides is 1. The van der Waals surface area contributed by atoms with Gasteiger partial charge in [0.2, 0.25) is 10.0 Å². The first-order valence-electron chi connectivity index (χ1n) is 10.3. The standard InChI is InChI=1S/C23H24N2O6S/c1-17(26)19-7-11-21(12-8-19)32(28,29)25-13-3-2-4-22(25)23(27)31-15-14-30-20-9-5-18(16-24)6-10-20/h5-12,22H,2-4,13-15H2,1H3. The van der Waals surface area contributed by atoms with Crippen LogP contribution in [0.3, 0.4) is 0 Å². The number of carbonyl (C=O) groups is 2. The molecule has 8 nitrogen and oxygen atoms in total. The van der Waals surface area contributed by atoms with Crippen molar-refractivity contribution in [1.29, 1.82) is 5.26 Å². The van der Waals surface area contributed by atoms with E-state index in [0.29, 0.717) is 29.7 Å². The molecule has 9 heteroatoms. The number of hydrogen-bond donors (Lipinski definition) is 0. The number of hydrogen-bond acceptors (Lipinski definition) is 7. The van der Waals surface area contributed by atoms with Gasteiger partial charge in [-0.15, -0.1) is 0 Å². The minimum Gasteiger partial charge on any atom is -0.490 e. The number of rotatable bonds is 8. The molecule has 0 spiro atoms. The van der Waals surface area contributed by atoms with Gasteiger partial charge in [0.05, 0.1) is 16.5 Å². The van der Waals surface area contributed by atoms with Crippen molar-refractivity contribution in [3.63, 3.8) is 0 Å². The number of piperidine rings is 1. The fourth-order valence-electron chi connectivity index (χ4n) is 3.45. The van der Waals surface area contributed by atoms with Gasteiger partial charge < -0.3 is 9.47 Å². The second-order valence-corrected chi connectivity index (χ2v) is 9.25. The van der Waals surface area contributed by atoms with Crippen molar-refractivity contribution in [2.75, 3.05) is 19.8 Å². The molecule has 0 aromatic heterocycles. The summed E-state index contributed by atoms with van der Waals surface area (Å²) in [6, 6.07) is 13.3. The Bertz CT molecular complexity index is 1100. The third kappa shape index (κ3) is 5.52. The fraction of sp³-hybridized carbons (Fsp3) is 0.348. The Kier molecular flexibility index (Phi) is 7.62. The van der Waals surface area contributed by atoms with Gasteiger partial charge in [-0.25, -0.2) is 8.42 Å². The van der Waals surface area contributed by atoms with Crippen molar-refractivity contribution in [2.45, 2.75) is 37.1 Å². The Morgan fingerprint density at radius 1 is 1.06 bits per heavy atom. The number of nitriles is 1. The van der Waals surface area contributed by atoms with Gasteiger partial charge in [0.1, 0.15) is 25.0 Å². The van der Waals surface area contributed by atoms with Gasteiger partial charge >= 0.3 is 5.97 Å². The molecule has 2 aromatic rings. The molecule has 1 aliphatic heterocycles. The van der Waals surface area contributed by atoms with Crippen LogP contribution >= 0.6 is 0 Å². The van der Waals surface area contributed by atoms with E-state index in [0.717, 1.165) is 6.42 Å². The van der Waals surface area contributed by atoms with Crippen LogP contribution in [0.5, 0.6) is 5.75 Å². The lowest BCUT2D eigenvalue weighted by Crippen LogP contribution is -2.48.